The summed E-state index contributed by atoms with van der Waals surface area (Å²) >= 11 is 1.61. The van der Waals surface area contributed by atoms with Crippen LogP contribution in [0.2, 0.25) is 0 Å². The molecule has 2 N–H and O–H groups in total. The van der Waals surface area contributed by atoms with Gasteiger partial charge in [0, 0.05) is 22.9 Å². The normalized spacial score (nSPS) is 12.3. The second kappa shape index (κ2) is 5.94. The number of carbonyl (C=O) groups excluding carboxylic acids is 1. The van der Waals surface area contributed by atoms with E-state index in [0.717, 1.165) is 16.0 Å². The molecular formula is C15H17NOS. The Bertz CT molecular complexity index is 518. The van der Waals surface area contributed by atoms with Crippen molar-refractivity contribution in [1.82, 2.24) is 0 Å². The zero-order valence-corrected chi connectivity index (χ0v) is 11.2. The van der Waals surface area contributed by atoms with E-state index in [1.54, 1.807) is 11.3 Å². The molecule has 2 aromatic rings. The van der Waals surface area contributed by atoms with E-state index < -0.39 is 0 Å². The van der Waals surface area contributed by atoms with Gasteiger partial charge in [-0.15, -0.1) is 11.3 Å². The quantitative estimate of drug-likeness (QED) is 0.832. The number of carbonyl (C=O) groups is 1. The van der Waals surface area contributed by atoms with Crippen molar-refractivity contribution in [3.05, 3.63) is 57.8 Å². The van der Waals surface area contributed by atoms with Gasteiger partial charge in [-0.2, -0.15) is 0 Å². The van der Waals surface area contributed by atoms with E-state index in [1.807, 2.05) is 48.7 Å². The number of thiophene rings is 1. The third-order valence-electron chi connectivity index (χ3n) is 3.07. The van der Waals surface area contributed by atoms with Gasteiger partial charge in [0.2, 0.25) is 0 Å². The van der Waals surface area contributed by atoms with Crippen LogP contribution in [0.4, 0.5) is 0 Å². The van der Waals surface area contributed by atoms with Crippen LogP contribution >= 0.6 is 11.3 Å². The molecular weight excluding hydrogens is 242 g/mol. The fourth-order valence-electron chi connectivity index (χ4n) is 1.96. The number of nitrogens with two attached hydrogens (primary N) is 1. The van der Waals surface area contributed by atoms with Gasteiger partial charge in [-0.05, 0) is 30.4 Å². The van der Waals surface area contributed by atoms with Gasteiger partial charge in [0.25, 0.3) is 0 Å². The molecule has 1 heterocycles. The van der Waals surface area contributed by atoms with E-state index in [9.17, 15) is 4.79 Å². The lowest BCUT2D eigenvalue weighted by Crippen LogP contribution is -2.12. The zero-order valence-electron chi connectivity index (χ0n) is 10.4. The number of ketones is 1. The van der Waals surface area contributed by atoms with Crippen LogP contribution in [0.25, 0.3) is 0 Å². The molecule has 0 radical (unpaired) electrons. The van der Waals surface area contributed by atoms with Gasteiger partial charge in [-0.1, -0.05) is 30.3 Å². The van der Waals surface area contributed by atoms with Crippen molar-refractivity contribution in [3.63, 3.8) is 0 Å². The maximum Gasteiger partial charge on any atom is 0.164 e. The molecule has 0 spiro atoms. The average Bonchev–Trinajstić information content (AvgIpc) is 2.83. The molecule has 18 heavy (non-hydrogen) atoms. The van der Waals surface area contributed by atoms with Crippen LogP contribution in [0.3, 0.4) is 0 Å². The number of benzene rings is 1. The Labute approximate surface area is 111 Å². The molecule has 3 heteroatoms. The Morgan fingerprint density at radius 3 is 2.61 bits per heavy atom. The van der Waals surface area contributed by atoms with Gasteiger partial charge >= 0.3 is 0 Å². The monoisotopic (exact) mass is 259 g/mol. The Morgan fingerprint density at radius 2 is 2.00 bits per heavy atom. The SMILES string of the molecule is Cc1sccc1C(=O)CCC(N)c1ccccc1. The van der Waals surface area contributed by atoms with Crippen LogP contribution < -0.4 is 5.73 Å². The molecule has 0 amide bonds. The van der Waals surface area contributed by atoms with E-state index in [-0.39, 0.29) is 11.8 Å². The number of hydrogen-bond acceptors (Lipinski definition) is 3. The van der Waals surface area contributed by atoms with Crippen molar-refractivity contribution in [1.29, 1.82) is 0 Å². The standard InChI is InChI=1S/C15H17NOS/c1-11-13(9-10-18-11)15(17)8-7-14(16)12-5-3-2-4-6-12/h2-6,9-10,14H,7-8,16H2,1H3. The topological polar surface area (TPSA) is 43.1 Å². The summed E-state index contributed by atoms with van der Waals surface area (Å²) in [5.74, 6) is 0.195. The number of aryl methyl sites for hydroxylation is 1. The minimum absolute atomic E-state index is 0.0610. The van der Waals surface area contributed by atoms with Crippen LogP contribution in [-0.2, 0) is 0 Å². The molecule has 2 rings (SSSR count). The van der Waals surface area contributed by atoms with Crippen LogP contribution in [0.1, 0.15) is 39.7 Å². The second-order valence-electron chi connectivity index (χ2n) is 4.37. The maximum atomic E-state index is 12.0. The van der Waals surface area contributed by atoms with Crippen LogP contribution in [0.5, 0.6) is 0 Å². The van der Waals surface area contributed by atoms with Crippen molar-refractivity contribution < 1.29 is 4.79 Å². The molecule has 1 aromatic carbocycles. The Hall–Kier alpha value is -1.45. The van der Waals surface area contributed by atoms with E-state index in [4.69, 9.17) is 5.73 Å². The highest BCUT2D eigenvalue weighted by Crippen LogP contribution is 2.20. The summed E-state index contributed by atoms with van der Waals surface area (Å²) in [5, 5.41) is 1.96. The zero-order chi connectivity index (χ0) is 13.0. The highest BCUT2D eigenvalue weighted by molar-refractivity contribution is 7.10. The van der Waals surface area contributed by atoms with Gasteiger partial charge < -0.3 is 5.73 Å². The lowest BCUT2D eigenvalue weighted by atomic mass is 9.99. The molecule has 0 saturated heterocycles. The Balaban J connectivity index is 1.93. The van der Waals surface area contributed by atoms with Gasteiger partial charge in [0.1, 0.15) is 0 Å². The predicted octanol–water partition coefficient (Wildman–Crippen LogP) is 3.72. The summed E-state index contributed by atoms with van der Waals surface area (Å²) < 4.78 is 0. The summed E-state index contributed by atoms with van der Waals surface area (Å²) in [5.41, 5.74) is 8.02. The first-order chi connectivity index (χ1) is 8.68. The first kappa shape index (κ1) is 13.0. The highest BCUT2D eigenvalue weighted by atomic mass is 32.1. The number of Topliss-reactive ketones (excluding diaryl/α,β-unsaturated/α-hetero) is 1. The average molecular weight is 259 g/mol. The van der Waals surface area contributed by atoms with E-state index >= 15 is 0 Å². The van der Waals surface area contributed by atoms with Crippen molar-refractivity contribution >= 4 is 17.1 Å². The van der Waals surface area contributed by atoms with Crippen molar-refractivity contribution in [2.75, 3.05) is 0 Å². The molecule has 1 unspecified atom stereocenters. The molecule has 1 aromatic heterocycles. The first-order valence-corrected chi connectivity index (χ1v) is 6.94. The van der Waals surface area contributed by atoms with Gasteiger partial charge in [-0.25, -0.2) is 0 Å². The fourth-order valence-corrected chi connectivity index (χ4v) is 2.68. The molecule has 94 valence electrons. The summed E-state index contributed by atoms with van der Waals surface area (Å²) in [7, 11) is 0. The molecule has 0 fully saturated rings. The number of hydrogen-bond donors (Lipinski definition) is 1. The second-order valence-corrected chi connectivity index (χ2v) is 5.49. The summed E-state index contributed by atoms with van der Waals surface area (Å²) in [6.07, 6.45) is 1.20. The van der Waals surface area contributed by atoms with Crippen LogP contribution in [0.15, 0.2) is 41.8 Å². The van der Waals surface area contributed by atoms with E-state index in [2.05, 4.69) is 0 Å². The first-order valence-electron chi connectivity index (χ1n) is 6.06. The highest BCUT2D eigenvalue weighted by Gasteiger charge is 2.12. The summed E-state index contributed by atoms with van der Waals surface area (Å²) in [4.78, 5) is 13.1. The Morgan fingerprint density at radius 1 is 1.28 bits per heavy atom. The van der Waals surface area contributed by atoms with Crippen molar-refractivity contribution in [2.45, 2.75) is 25.8 Å². The fraction of sp³-hybridized carbons (Fsp3) is 0.267. The minimum atomic E-state index is -0.0610. The molecule has 0 aliphatic rings. The van der Waals surface area contributed by atoms with Gasteiger partial charge in [-0.3, -0.25) is 4.79 Å². The Kier molecular flexibility index (Phi) is 4.28. The molecule has 0 aliphatic heterocycles. The molecule has 0 bridgehead atoms. The predicted molar refractivity (Wildman–Crippen MR) is 76.0 cm³/mol. The maximum absolute atomic E-state index is 12.0. The number of rotatable bonds is 5. The molecule has 2 nitrogen and oxygen atoms in total. The third-order valence-corrected chi connectivity index (χ3v) is 3.91. The van der Waals surface area contributed by atoms with Crippen LogP contribution in [0, 0.1) is 6.92 Å². The van der Waals surface area contributed by atoms with Crippen molar-refractivity contribution in [2.24, 2.45) is 5.73 Å². The largest absolute Gasteiger partial charge is 0.324 e. The smallest absolute Gasteiger partial charge is 0.164 e. The lowest BCUT2D eigenvalue weighted by molar-refractivity contribution is 0.0977. The van der Waals surface area contributed by atoms with E-state index in [1.165, 1.54) is 0 Å². The lowest BCUT2D eigenvalue weighted by Gasteiger charge is -2.11. The summed E-state index contributed by atoms with van der Waals surface area (Å²) in [6, 6.07) is 11.8. The molecule has 0 aliphatic carbocycles. The van der Waals surface area contributed by atoms with Crippen LogP contribution in [-0.4, -0.2) is 5.78 Å². The third kappa shape index (κ3) is 3.06. The van der Waals surface area contributed by atoms with E-state index in [0.29, 0.717) is 12.8 Å². The van der Waals surface area contributed by atoms with Crippen molar-refractivity contribution in [3.8, 4) is 0 Å². The molecule has 0 saturated carbocycles. The van der Waals surface area contributed by atoms with Gasteiger partial charge in [0.05, 0.1) is 0 Å². The van der Waals surface area contributed by atoms with Gasteiger partial charge in [0.15, 0.2) is 5.78 Å². The minimum Gasteiger partial charge on any atom is -0.324 e. The summed E-state index contributed by atoms with van der Waals surface area (Å²) in [6.45, 7) is 1.98. The molecule has 1 atom stereocenters.